The second-order valence-electron chi connectivity index (χ2n) is 3.09. The van der Waals surface area contributed by atoms with Gasteiger partial charge in [-0.3, -0.25) is 4.79 Å². The minimum absolute atomic E-state index is 0.0813. The third-order valence-corrected chi connectivity index (χ3v) is 1.82. The van der Waals surface area contributed by atoms with Gasteiger partial charge in [0.2, 0.25) is 0 Å². The van der Waals surface area contributed by atoms with E-state index in [0.29, 0.717) is 6.42 Å². The Morgan fingerprint density at radius 1 is 1.73 bits per heavy atom. The van der Waals surface area contributed by atoms with Crippen LogP contribution < -0.4 is 11.5 Å². The Bertz CT molecular complexity index is 145. The first-order valence-electron chi connectivity index (χ1n) is 3.66. The molecule has 4 heteroatoms. The molecule has 0 radical (unpaired) electrons. The van der Waals surface area contributed by atoms with E-state index < -0.39 is 11.5 Å². The van der Waals surface area contributed by atoms with E-state index in [9.17, 15) is 4.79 Å². The average Bonchev–Trinajstić information content (AvgIpc) is 1.83. The lowest BCUT2D eigenvalue weighted by atomic mass is 9.89. The predicted molar refractivity (Wildman–Crippen MR) is 43.1 cm³/mol. The van der Waals surface area contributed by atoms with Crippen LogP contribution in [-0.2, 0) is 4.79 Å². The van der Waals surface area contributed by atoms with Gasteiger partial charge in [-0.25, -0.2) is 0 Å². The molecule has 4 nitrogen and oxygen atoms in total. The second-order valence-corrected chi connectivity index (χ2v) is 3.09. The lowest BCUT2D eigenvalue weighted by Crippen LogP contribution is -2.53. The molecule has 66 valence electrons. The highest BCUT2D eigenvalue weighted by molar-refractivity contribution is 5.68. The minimum Gasteiger partial charge on any atom is -0.481 e. The van der Waals surface area contributed by atoms with E-state index in [1.807, 2.05) is 6.92 Å². The molecule has 0 aliphatic rings. The van der Waals surface area contributed by atoms with Crippen molar-refractivity contribution in [3.8, 4) is 0 Å². The Balaban J connectivity index is 4.08. The first-order chi connectivity index (χ1) is 4.90. The summed E-state index contributed by atoms with van der Waals surface area (Å²) >= 11 is 0. The zero-order chi connectivity index (χ0) is 9.07. The van der Waals surface area contributed by atoms with Crippen LogP contribution in [0.2, 0.25) is 0 Å². The summed E-state index contributed by atoms with van der Waals surface area (Å²) in [6.45, 7) is 3.55. The number of hydrogen-bond donors (Lipinski definition) is 3. The maximum atomic E-state index is 10.3. The van der Waals surface area contributed by atoms with E-state index >= 15 is 0 Å². The Morgan fingerprint density at radius 2 is 2.18 bits per heavy atom. The predicted octanol–water partition coefficient (Wildman–Crippen LogP) is -0.0842. The van der Waals surface area contributed by atoms with Crippen molar-refractivity contribution >= 4 is 5.97 Å². The van der Waals surface area contributed by atoms with E-state index in [4.69, 9.17) is 16.6 Å². The fourth-order valence-corrected chi connectivity index (χ4v) is 0.923. The van der Waals surface area contributed by atoms with Crippen molar-refractivity contribution in [3.05, 3.63) is 0 Å². The molecule has 0 saturated carbocycles. The van der Waals surface area contributed by atoms with Gasteiger partial charge in [-0.05, 0) is 13.3 Å². The van der Waals surface area contributed by atoms with Crippen LogP contribution in [0.3, 0.4) is 0 Å². The Morgan fingerprint density at radius 3 is 2.45 bits per heavy atom. The van der Waals surface area contributed by atoms with Crippen LogP contribution >= 0.6 is 0 Å². The van der Waals surface area contributed by atoms with E-state index in [-0.39, 0.29) is 12.5 Å². The molecule has 0 spiro atoms. The third-order valence-electron chi connectivity index (χ3n) is 1.82. The summed E-state index contributed by atoms with van der Waals surface area (Å²) in [5.41, 5.74) is 10.5. The fraction of sp³-hybridized carbons (Fsp3) is 0.857. The van der Waals surface area contributed by atoms with Crippen molar-refractivity contribution in [1.29, 1.82) is 0 Å². The van der Waals surface area contributed by atoms with Gasteiger partial charge in [0.15, 0.2) is 0 Å². The van der Waals surface area contributed by atoms with Gasteiger partial charge in [0.1, 0.15) is 0 Å². The summed E-state index contributed by atoms with van der Waals surface area (Å²) in [5, 5.41) is 8.46. The number of carbonyl (C=O) groups is 1. The number of hydrogen-bond acceptors (Lipinski definition) is 3. The molecule has 0 heterocycles. The summed E-state index contributed by atoms with van der Waals surface area (Å²) in [4.78, 5) is 10.3. The van der Waals surface area contributed by atoms with Crippen LogP contribution in [0.15, 0.2) is 0 Å². The maximum Gasteiger partial charge on any atom is 0.305 e. The smallest absolute Gasteiger partial charge is 0.305 e. The normalized spacial score (nSPS) is 18.9. The third kappa shape index (κ3) is 3.34. The molecule has 5 N–H and O–H groups in total. The van der Waals surface area contributed by atoms with E-state index in [1.54, 1.807) is 6.92 Å². The maximum absolute atomic E-state index is 10.3. The zero-order valence-electron chi connectivity index (χ0n) is 7.00. The lowest BCUT2D eigenvalue weighted by molar-refractivity contribution is -0.138. The molecule has 2 atom stereocenters. The highest BCUT2D eigenvalue weighted by Gasteiger charge is 2.28. The monoisotopic (exact) mass is 160 g/mol. The molecule has 0 aromatic rings. The summed E-state index contributed by atoms with van der Waals surface area (Å²) in [7, 11) is 0. The number of rotatable bonds is 4. The largest absolute Gasteiger partial charge is 0.481 e. The quantitative estimate of drug-likeness (QED) is 0.536. The second kappa shape index (κ2) is 3.69. The number of nitrogens with two attached hydrogens (primary N) is 2. The summed E-state index contributed by atoms with van der Waals surface area (Å²) in [6.07, 6.45) is 0.613. The summed E-state index contributed by atoms with van der Waals surface area (Å²) in [5.74, 6) is -0.904. The van der Waals surface area contributed by atoms with Crippen LogP contribution in [0.5, 0.6) is 0 Å². The molecular weight excluding hydrogens is 144 g/mol. The number of carboxylic acid groups (broad SMARTS) is 1. The number of aliphatic carboxylic acids is 1. The molecule has 0 aliphatic carbocycles. The van der Waals surface area contributed by atoms with Crippen LogP contribution in [0.1, 0.15) is 26.7 Å². The van der Waals surface area contributed by atoms with Crippen molar-refractivity contribution in [2.24, 2.45) is 11.5 Å². The number of carboxylic acids is 1. The lowest BCUT2D eigenvalue weighted by Gasteiger charge is -2.28. The Hall–Kier alpha value is -0.610. The van der Waals surface area contributed by atoms with Gasteiger partial charge in [-0.15, -0.1) is 0 Å². The SMILES string of the molecule is CCC(N)C(C)(N)CC(=O)O. The van der Waals surface area contributed by atoms with Gasteiger partial charge in [0.05, 0.1) is 6.42 Å². The first kappa shape index (κ1) is 10.4. The van der Waals surface area contributed by atoms with Gasteiger partial charge in [0, 0.05) is 11.6 Å². The van der Waals surface area contributed by atoms with Gasteiger partial charge >= 0.3 is 5.97 Å². The minimum atomic E-state index is -0.904. The Labute approximate surface area is 66.6 Å². The highest BCUT2D eigenvalue weighted by Crippen LogP contribution is 2.11. The van der Waals surface area contributed by atoms with Gasteiger partial charge in [0.25, 0.3) is 0 Å². The molecule has 0 rings (SSSR count). The standard InChI is InChI=1S/C7H16N2O2/c1-3-5(8)7(2,9)4-6(10)11/h5H,3-4,8-9H2,1-2H3,(H,10,11). The average molecular weight is 160 g/mol. The first-order valence-corrected chi connectivity index (χ1v) is 3.66. The van der Waals surface area contributed by atoms with Gasteiger partial charge in [-0.1, -0.05) is 6.92 Å². The van der Waals surface area contributed by atoms with Crippen LogP contribution in [0.25, 0.3) is 0 Å². The Kier molecular flexibility index (Phi) is 3.48. The van der Waals surface area contributed by atoms with E-state index in [1.165, 1.54) is 0 Å². The summed E-state index contributed by atoms with van der Waals surface area (Å²) < 4.78 is 0. The molecule has 0 aromatic carbocycles. The van der Waals surface area contributed by atoms with Crippen molar-refractivity contribution in [1.82, 2.24) is 0 Å². The van der Waals surface area contributed by atoms with E-state index in [0.717, 1.165) is 0 Å². The molecular formula is C7H16N2O2. The van der Waals surface area contributed by atoms with Crippen molar-refractivity contribution in [2.45, 2.75) is 38.3 Å². The van der Waals surface area contributed by atoms with Crippen molar-refractivity contribution in [3.63, 3.8) is 0 Å². The topological polar surface area (TPSA) is 89.3 Å². The van der Waals surface area contributed by atoms with Crippen molar-refractivity contribution in [2.75, 3.05) is 0 Å². The van der Waals surface area contributed by atoms with Crippen LogP contribution in [-0.4, -0.2) is 22.7 Å². The molecule has 2 unspecified atom stereocenters. The highest BCUT2D eigenvalue weighted by atomic mass is 16.4. The van der Waals surface area contributed by atoms with Gasteiger partial charge < -0.3 is 16.6 Å². The van der Waals surface area contributed by atoms with Crippen LogP contribution in [0, 0.1) is 0 Å². The summed E-state index contributed by atoms with van der Waals surface area (Å²) in [6, 6.07) is -0.251. The molecule has 0 bridgehead atoms. The van der Waals surface area contributed by atoms with E-state index in [2.05, 4.69) is 0 Å². The zero-order valence-corrected chi connectivity index (χ0v) is 7.00. The fourth-order valence-electron chi connectivity index (χ4n) is 0.923. The van der Waals surface area contributed by atoms with Gasteiger partial charge in [-0.2, -0.15) is 0 Å². The van der Waals surface area contributed by atoms with Crippen LogP contribution in [0.4, 0.5) is 0 Å². The molecule has 0 saturated heterocycles. The molecule has 0 aromatic heterocycles. The molecule has 0 fully saturated rings. The van der Waals surface area contributed by atoms with Crippen molar-refractivity contribution < 1.29 is 9.90 Å². The molecule has 0 amide bonds. The molecule has 11 heavy (non-hydrogen) atoms. The molecule has 0 aliphatic heterocycles.